The highest BCUT2D eigenvalue weighted by Crippen LogP contribution is 2.47. The normalized spacial score (nSPS) is 15.4. The SMILES string of the molecule is COc1cc(OC)c2c(c1)OC(=O)CC2c1ccc(OC)c(OC(C)=O)c1. The summed E-state index contributed by atoms with van der Waals surface area (Å²) in [6.45, 7) is 1.31. The van der Waals surface area contributed by atoms with Crippen molar-refractivity contribution >= 4 is 11.9 Å². The van der Waals surface area contributed by atoms with Gasteiger partial charge in [0.05, 0.1) is 27.8 Å². The highest BCUT2D eigenvalue weighted by molar-refractivity contribution is 5.79. The first kappa shape index (κ1) is 18.6. The number of hydrogen-bond donors (Lipinski definition) is 0. The van der Waals surface area contributed by atoms with Crippen LogP contribution in [0.2, 0.25) is 0 Å². The molecule has 0 bridgehead atoms. The van der Waals surface area contributed by atoms with Gasteiger partial charge in [-0.1, -0.05) is 6.07 Å². The van der Waals surface area contributed by atoms with E-state index >= 15 is 0 Å². The molecule has 1 atom stereocenters. The lowest BCUT2D eigenvalue weighted by Crippen LogP contribution is -2.22. The maximum Gasteiger partial charge on any atom is 0.312 e. The zero-order valence-corrected chi connectivity index (χ0v) is 15.5. The van der Waals surface area contributed by atoms with E-state index < -0.39 is 5.97 Å². The average Bonchev–Trinajstić information content (AvgIpc) is 2.65. The van der Waals surface area contributed by atoms with E-state index in [4.69, 9.17) is 23.7 Å². The number of ether oxygens (including phenoxy) is 5. The van der Waals surface area contributed by atoms with Gasteiger partial charge in [0.1, 0.15) is 17.2 Å². The molecule has 142 valence electrons. The Bertz CT molecular complexity index is 888. The van der Waals surface area contributed by atoms with Crippen LogP contribution in [0.15, 0.2) is 30.3 Å². The van der Waals surface area contributed by atoms with Crippen molar-refractivity contribution in [2.24, 2.45) is 0 Å². The van der Waals surface area contributed by atoms with E-state index in [1.807, 2.05) is 6.07 Å². The molecule has 2 aromatic carbocycles. The molecule has 0 spiro atoms. The van der Waals surface area contributed by atoms with Gasteiger partial charge in [-0.2, -0.15) is 0 Å². The van der Waals surface area contributed by atoms with Gasteiger partial charge >= 0.3 is 11.9 Å². The Morgan fingerprint density at radius 3 is 2.37 bits per heavy atom. The van der Waals surface area contributed by atoms with E-state index in [0.29, 0.717) is 23.0 Å². The second-order valence-corrected chi connectivity index (χ2v) is 5.98. The molecule has 0 saturated heterocycles. The Labute approximate surface area is 156 Å². The standard InChI is InChI=1S/C20H20O7/c1-11(21)26-16-7-12(5-6-15(16)24-3)14-10-19(22)27-18-9-13(23-2)8-17(25-4)20(14)18/h5-9,14H,10H2,1-4H3. The van der Waals surface area contributed by atoms with Crippen molar-refractivity contribution in [2.45, 2.75) is 19.3 Å². The number of carbonyl (C=O) groups is 2. The van der Waals surface area contributed by atoms with Gasteiger partial charge in [-0.05, 0) is 17.7 Å². The van der Waals surface area contributed by atoms with Crippen molar-refractivity contribution in [2.75, 3.05) is 21.3 Å². The summed E-state index contributed by atoms with van der Waals surface area (Å²) < 4.78 is 26.6. The number of rotatable bonds is 5. The average molecular weight is 372 g/mol. The largest absolute Gasteiger partial charge is 0.496 e. The number of hydrogen-bond acceptors (Lipinski definition) is 7. The fraction of sp³-hybridized carbons (Fsp3) is 0.300. The fourth-order valence-electron chi connectivity index (χ4n) is 3.15. The Balaban J connectivity index is 2.13. The van der Waals surface area contributed by atoms with Crippen molar-refractivity contribution in [1.82, 2.24) is 0 Å². The van der Waals surface area contributed by atoms with Crippen LogP contribution in [-0.4, -0.2) is 33.3 Å². The summed E-state index contributed by atoms with van der Waals surface area (Å²) in [6, 6.07) is 8.60. The molecule has 1 aliphatic heterocycles. The first-order chi connectivity index (χ1) is 13.0. The summed E-state index contributed by atoms with van der Waals surface area (Å²) in [7, 11) is 4.56. The summed E-state index contributed by atoms with van der Waals surface area (Å²) >= 11 is 0. The molecule has 2 aromatic rings. The van der Waals surface area contributed by atoms with Crippen LogP contribution in [-0.2, 0) is 9.59 Å². The van der Waals surface area contributed by atoms with Crippen LogP contribution in [0.5, 0.6) is 28.7 Å². The van der Waals surface area contributed by atoms with Crippen molar-refractivity contribution in [3.05, 3.63) is 41.5 Å². The predicted octanol–water partition coefficient (Wildman–Crippen LogP) is 3.08. The molecule has 0 aromatic heterocycles. The van der Waals surface area contributed by atoms with E-state index in [-0.39, 0.29) is 24.1 Å². The van der Waals surface area contributed by atoms with Gasteiger partial charge in [-0.25, -0.2) is 0 Å². The van der Waals surface area contributed by atoms with Crippen molar-refractivity contribution < 1.29 is 33.3 Å². The van der Waals surface area contributed by atoms with Crippen molar-refractivity contribution in [1.29, 1.82) is 0 Å². The predicted molar refractivity (Wildman–Crippen MR) is 95.9 cm³/mol. The Kier molecular flexibility index (Phi) is 5.21. The quantitative estimate of drug-likeness (QED) is 0.589. The molecular weight excluding hydrogens is 352 g/mol. The molecule has 3 rings (SSSR count). The van der Waals surface area contributed by atoms with Gasteiger partial charge in [0.25, 0.3) is 0 Å². The topological polar surface area (TPSA) is 80.3 Å². The zero-order chi connectivity index (χ0) is 19.6. The summed E-state index contributed by atoms with van der Waals surface area (Å²) in [5.74, 6) is 1.01. The van der Waals surface area contributed by atoms with Crippen LogP contribution >= 0.6 is 0 Å². The third-order valence-corrected chi connectivity index (χ3v) is 4.32. The lowest BCUT2D eigenvalue weighted by molar-refractivity contribution is -0.135. The third-order valence-electron chi connectivity index (χ3n) is 4.32. The molecule has 1 unspecified atom stereocenters. The molecule has 1 aliphatic rings. The smallest absolute Gasteiger partial charge is 0.312 e. The molecule has 7 heteroatoms. The van der Waals surface area contributed by atoms with E-state index in [9.17, 15) is 9.59 Å². The third kappa shape index (κ3) is 3.67. The maximum atomic E-state index is 12.2. The Morgan fingerprint density at radius 1 is 1.00 bits per heavy atom. The monoisotopic (exact) mass is 372 g/mol. The van der Waals surface area contributed by atoms with E-state index in [0.717, 1.165) is 11.1 Å². The minimum atomic E-state index is -0.462. The van der Waals surface area contributed by atoms with Gasteiger partial charge in [-0.15, -0.1) is 0 Å². The van der Waals surface area contributed by atoms with Crippen LogP contribution in [0.1, 0.15) is 30.4 Å². The molecule has 1 heterocycles. The van der Waals surface area contributed by atoms with Crippen LogP contribution < -0.4 is 23.7 Å². The van der Waals surface area contributed by atoms with Gasteiger partial charge in [0.2, 0.25) is 0 Å². The second kappa shape index (κ2) is 7.57. The minimum absolute atomic E-state index is 0.127. The molecule has 0 aliphatic carbocycles. The molecule has 0 amide bonds. The van der Waals surface area contributed by atoms with Gasteiger partial charge in [0.15, 0.2) is 11.5 Å². The summed E-state index contributed by atoms with van der Waals surface area (Å²) in [5.41, 5.74) is 1.50. The molecular formula is C20H20O7. The van der Waals surface area contributed by atoms with Crippen LogP contribution in [0.4, 0.5) is 0 Å². The minimum Gasteiger partial charge on any atom is -0.496 e. The fourth-order valence-corrected chi connectivity index (χ4v) is 3.15. The molecule has 7 nitrogen and oxygen atoms in total. The molecule has 0 radical (unpaired) electrons. The number of fused-ring (bicyclic) bond motifs is 1. The van der Waals surface area contributed by atoms with E-state index in [1.54, 1.807) is 31.4 Å². The lowest BCUT2D eigenvalue weighted by atomic mass is 9.85. The Hall–Kier alpha value is -3.22. The molecule has 0 saturated carbocycles. The first-order valence-corrected chi connectivity index (χ1v) is 8.29. The summed E-state index contributed by atoms with van der Waals surface area (Å²) in [6.07, 6.45) is 0.127. The lowest BCUT2D eigenvalue weighted by Gasteiger charge is -2.27. The highest BCUT2D eigenvalue weighted by atomic mass is 16.6. The first-order valence-electron chi connectivity index (χ1n) is 8.29. The highest BCUT2D eigenvalue weighted by Gasteiger charge is 2.33. The second-order valence-electron chi connectivity index (χ2n) is 5.98. The summed E-state index contributed by atoms with van der Waals surface area (Å²) in [5, 5.41) is 0. The number of esters is 2. The van der Waals surface area contributed by atoms with E-state index in [2.05, 4.69) is 0 Å². The molecule has 27 heavy (non-hydrogen) atoms. The summed E-state index contributed by atoms with van der Waals surface area (Å²) in [4.78, 5) is 23.6. The Morgan fingerprint density at radius 2 is 1.74 bits per heavy atom. The van der Waals surface area contributed by atoms with E-state index in [1.165, 1.54) is 21.1 Å². The molecule has 0 N–H and O–H groups in total. The maximum absolute atomic E-state index is 12.2. The van der Waals surface area contributed by atoms with Crippen LogP contribution in [0, 0.1) is 0 Å². The van der Waals surface area contributed by atoms with Crippen LogP contribution in [0.25, 0.3) is 0 Å². The van der Waals surface area contributed by atoms with Crippen molar-refractivity contribution in [3.63, 3.8) is 0 Å². The number of benzene rings is 2. The van der Waals surface area contributed by atoms with Gasteiger partial charge in [-0.3, -0.25) is 9.59 Å². The zero-order valence-electron chi connectivity index (χ0n) is 15.5. The van der Waals surface area contributed by atoms with Crippen LogP contribution in [0.3, 0.4) is 0 Å². The number of methoxy groups -OCH3 is 3. The van der Waals surface area contributed by atoms with Gasteiger partial charge < -0.3 is 23.7 Å². The van der Waals surface area contributed by atoms with Crippen molar-refractivity contribution in [3.8, 4) is 28.7 Å². The van der Waals surface area contributed by atoms with Gasteiger partial charge in [0, 0.05) is 30.5 Å². The molecule has 0 fully saturated rings. The number of carbonyl (C=O) groups excluding carboxylic acids is 2.